The molecule has 0 spiro atoms. The molecule has 0 atom stereocenters. The van der Waals surface area contributed by atoms with Gasteiger partial charge in [0.2, 0.25) is 0 Å². The zero-order valence-electron chi connectivity index (χ0n) is 15.0. The standard InChI is InChI=1S/C21H15N3O3S2/c25-18(26)11-16-12-28-20(22-16)24-21-23-19(27)17(29-21)10-13-6-8-15(9-7-13)14-4-2-1-3-5-14/h1-10,12H,11H2,(H,25,26)(H,22,23,24,27). The van der Waals surface area contributed by atoms with Crippen LogP contribution in [0.1, 0.15) is 11.3 Å². The van der Waals surface area contributed by atoms with Crippen molar-refractivity contribution in [2.45, 2.75) is 6.42 Å². The second kappa shape index (κ2) is 8.42. The van der Waals surface area contributed by atoms with E-state index in [1.807, 2.05) is 42.5 Å². The minimum absolute atomic E-state index is 0.138. The molecule has 1 aliphatic rings. The normalized spacial score (nSPS) is 14.8. The number of carboxylic acid groups (broad SMARTS) is 1. The third-order valence-electron chi connectivity index (χ3n) is 4.03. The molecular formula is C21H15N3O3S2. The smallest absolute Gasteiger partial charge is 0.309 e. The summed E-state index contributed by atoms with van der Waals surface area (Å²) >= 11 is 2.51. The van der Waals surface area contributed by atoms with Crippen molar-refractivity contribution in [1.29, 1.82) is 0 Å². The number of carboxylic acids is 1. The molecule has 8 heteroatoms. The zero-order chi connectivity index (χ0) is 20.2. The third kappa shape index (κ3) is 4.79. The van der Waals surface area contributed by atoms with E-state index in [0.717, 1.165) is 16.7 Å². The lowest BCUT2D eigenvalue weighted by molar-refractivity contribution is -0.136. The number of thiazole rings is 1. The van der Waals surface area contributed by atoms with Crippen molar-refractivity contribution in [3.63, 3.8) is 0 Å². The maximum absolute atomic E-state index is 12.2. The SMILES string of the molecule is O=C(O)Cc1csc(NC2=NC(=O)C(=Cc3ccc(-c4ccccc4)cc3)S2)n1. The van der Waals surface area contributed by atoms with Crippen LogP contribution in [0.5, 0.6) is 0 Å². The Morgan fingerprint density at radius 2 is 1.79 bits per heavy atom. The molecule has 2 aromatic carbocycles. The van der Waals surface area contributed by atoms with E-state index in [0.29, 0.717) is 20.9 Å². The maximum Gasteiger partial charge on any atom is 0.309 e. The van der Waals surface area contributed by atoms with Crippen LogP contribution in [0.15, 0.2) is 69.9 Å². The van der Waals surface area contributed by atoms with Gasteiger partial charge in [-0.1, -0.05) is 54.6 Å². The van der Waals surface area contributed by atoms with Crippen molar-refractivity contribution < 1.29 is 14.7 Å². The fourth-order valence-corrected chi connectivity index (χ4v) is 4.29. The Balaban J connectivity index is 1.43. The summed E-state index contributed by atoms with van der Waals surface area (Å²) in [6.45, 7) is 0. The van der Waals surface area contributed by atoms with Crippen molar-refractivity contribution in [3.8, 4) is 11.1 Å². The lowest BCUT2D eigenvalue weighted by Crippen LogP contribution is -2.05. The lowest BCUT2D eigenvalue weighted by Gasteiger charge is -2.02. The summed E-state index contributed by atoms with van der Waals surface area (Å²) in [5.41, 5.74) is 3.63. The monoisotopic (exact) mass is 421 g/mol. The Kier molecular flexibility index (Phi) is 5.55. The van der Waals surface area contributed by atoms with Crippen LogP contribution >= 0.6 is 23.1 Å². The van der Waals surface area contributed by atoms with Crippen molar-refractivity contribution in [2.75, 3.05) is 5.32 Å². The van der Waals surface area contributed by atoms with Gasteiger partial charge in [-0.05, 0) is 34.5 Å². The molecule has 0 saturated carbocycles. The molecule has 0 radical (unpaired) electrons. The first-order valence-corrected chi connectivity index (χ1v) is 10.4. The molecule has 2 N–H and O–H groups in total. The van der Waals surface area contributed by atoms with Crippen LogP contribution in [-0.4, -0.2) is 27.1 Å². The molecule has 1 aromatic heterocycles. The van der Waals surface area contributed by atoms with Crippen molar-refractivity contribution >= 4 is 51.4 Å². The molecule has 3 aromatic rings. The molecule has 2 heterocycles. The number of hydrogen-bond acceptors (Lipinski definition) is 6. The molecule has 1 aliphatic heterocycles. The van der Waals surface area contributed by atoms with Crippen LogP contribution in [0.2, 0.25) is 0 Å². The minimum atomic E-state index is -0.937. The highest BCUT2D eigenvalue weighted by atomic mass is 32.2. The summed E-state index contributed by atoms with van der Waals surface area (Å²) in [4.78, 5) is 31.7. The molecule has 4 rings (SSSR count). The summed E-state index contributed by atoms with van der Waals surface area (Å²) in [6, 6.07) is 18.1. The number of amides is 1. The molecule has 0 saturated heterocycles. The fraction of sp³-hybridized carbons (Fsp3) is 0.0476. The number of thioether (sulfide) groups is 1. The van der Waals surface area contributed by atoms with E-state index < -0.39 is 5.97 Å². The van der Waals surface area contributed by atoms with Crippen LogP contribution in [0, 0.1) is 0 Å². The lowest BCUT2D eigenvalue weighted by atomic mass is 10.0. The summed E-state index contributed by atoms with van der Waals surface area (Å²) in [7, 11) is 0. The first kappa shape index (κ1) is 19.1. The van der Waals surface area contributed by atoms with Gasteiger partial charge in [-0.2, -0.15) is 4.99 Å². The first-order valence-electron chi connectivity index (χ1n) is 8.68. The summed E-state index contributed by atoms with van der Waals surface area (Å²) in [6.07, 6.45) is 1.67. The Hall–Kier alpha value is -3.23. The number of benzene rings is 2. The number of aliphatic carboxylic acids is 1. The predicted octanol–water partition coefficient (Wildman–Crippen LogP) is 4.52. The van der Waals surface area contributed by atoms with Crippen LogP contribution in [0.25, 0.3) is 17.2 Å². The van der Waals surface area contributed by atoms with Crippen molar-refractivity contribution in [2.24, 2.45) is 4.99 Å². The van der Waals surface area contributed by atoms with E-state index in [2.05, 4.69) is 27.4 Å². The number of carbonyl (C=O) groups is 2. The summed E-state index contributed by atoms with van der Waals surface area (Å²) in [5, 5.41) is 14.4. The van der Waals surface area contributed by atoms with Gasteiger partial charge in [0.25, 0.3) is 5.91 Å². The van der Waals surface area contributed by atoms with Gasteiger partial charge < -0.3 is 10.4 Å². The van der Waals surface area contributed by atoms with Crippen LogP contribution in [-0.2, 0) is 16.0 Å². The van der Waals surface area contributed by atoms with Gasteiger partial charge in [0.1, 0.15) is 0 Å². The molecule has 0 aliphatic carbocycles. The number of hydrogen-bond donors (Lipinski definition) is 2. The quantitative estimate of drug-likeness (QED) is 0.589. The fourth-order valence-electron chi connectivity index (χ4n) is 2.71. The first-order chi connectivity index (χ1) is 14.1. The molecule has 0 bridgehead atoms. The van der Waals surface area contributed by atoms with Gasteiger partial charge in [0, 0.05) is 5.38 Å². The number of nitrogens with zero attached hydrogens (tertiary/aromatic N) is 2. The molecule has 29 heavy (non-hydrogen) atoms. The van der Waals surface area contributed by atoms with Crippen LogP contribution in [0.4, 0.5) is 5.13 Å². The third-order valence-corrected chi connectivity index (χ3v) is 5.74. The van der Waals surface area contributed by atoms with Crippen molar-refractivity contribution in [3.05, 3.63) is 76.1 Å². The Morgan fingerprint density at radius 3 is 2.52 bits per heavy atom. The average molecular weight is 422 g/mol. The highest BCUT2D eigenvalue weighted by molar-refractivity contribution is 8.18. The largest absolute Gasteiger partial charge is 0.481 e. The summed E-state index contributed by atoms with van der Waals surface area (Å²) < 4.78 is 0. The number of amidine groups is 1. The number of nitrogens with one attached hydrogen (secondary N) is 1. The summed E-state index contributed by atoms with van der Waals surface area (Å²) in [5.74, 6) is -1.25. The molecule has 144 valence electrons. The minimum Gasteiger partial charge on any atom is -0.481 e. The topological polar surface area (TPSA) is 91.6 Å². The van der Waals surface area contributed by atoms with E-state index in [4.69, 9.17) is 5.11 Å². The number of anilines is 1. The molecule has 0 fully saturated rings. The number of aliphatic imine (C=N–C) groups is 1. The maximum atomic E-state index is 12.2. The second-order valence-corrected chi connectivity index (χ2v) is 8.05. The average Bonchev–Trinajstić information content (AvgIpc) is 3.29. The van der Waals surface area contributed by atoms with Crippen LogP contribution in [0.3, 0.4) is 0 Å². The predicted molar refractivity (Wildman–Crippen MR) is 117 cm³/mol. The van der Waals surface area contributed by atoms with Crippen LogP contribution < -0.4 is 5.32 Å². The molecule has 0 unspecified atom stereocenters. The highest BCUT2D eigenvalue weighted by Gasteiger charge is 2.22. The Bertz CT molecular complexity index is 1120. The van der Waals surface area contributed by atoms with E-state index in [1.54, 1.807) is 11.5 Å². The van der Waals surface area contributed by atoms with Gasteiger partial charge in [-0.3, -0.25) is 9.59 Å². The van der Waals surface area contributed by atoms with Gasteiger partial charge in [0.05, 0.1) is 17.0 Å². The number of rotatable bonds is 5. The van der Waals surface area contributed by atoms with Gasteiger partial charge in [-0.15, -0.1) is 11.3 Å². The van der Waals surface area contributed by atoms with E-state index in [9.17, 15) is 9.59 Å². The van der Waals surface area contributed by atoms with Gasteiger partial charge in [-0.25, -0.2) is 4.98 Å². The Morgan fingerprint density at radius 1 is 1.07 bits per heavy atom. The molecule has 1 amide bonds. The molecular weight excluding hydrogens is 406 g/mol. The Labute approximate surface area is 175 Å². The zero-order valence-corrected chi connectivity index (χ0v) is 16.7. The van der Waals surface area contributed by atoms with E-state index in [-0.39, 0.29) is 12.3 Å². The van der Waals surface area contributed by atoms with Gasteiger partial charge in [0.15, 0.2) is 10.3 Å². The second-order valence-electron chi connectivity index (χ2n) is 6.16. The number of carbonyl (C=O) groups excluding carboxylic acids is 1. The number of aromatic nitrogens is 1. The van der Waals surface area contributed by atoms with Gasteiger partial charge >= 0.3 is 5.97 Å². The molecule has 6 nitrogen and oxygen atoms in total. The highest BCUT2D eigenvalue weighted by Crippen LogP contribution is 2.30. The van der Waals surface area contributed by atoms with E-state index >= 15 is 0 Å². The van der Waals surface area contributed by atoms with Crippen molar-refractivity contribution in [1.82, 2.24) is 4.98 Å². The van der Waals surface area contributed by atoms with E-state index in [1.165, 1.54) is 23.1 Å².